The molecule has 0 radical (unpaired) electrons. The van der Waals surface area contributed by atoms with E-state index in [1.807, 2.05) is 0 Å². The fourth-order valence-corrected chi connectivity index (χ4v) is 3.38. The summed E-state index contributed by atoms with van der Waals surface area (Å²) < 4.78 is 0. The standard InChI is InChI=1S/C14H24N2O2/c15-14(18)10-16(12-5-1-2-6-12)9-8-11-4-3-7-13(11)17/h11-12H,1-10H2,(H2,15,18). The van der Waals surface area contributed by atoms with Gasteiger partial charge in [-0.1, -0.05) is 12.8 Å². The Morgan fingerprint density at radius 1 is 1.22 bits per heavy atom. The predicted molar refractivity (Wildman–Crippen MR) is 70.0 cm³/mol. The average molecular weight is 252 g/mol. The van der Waals surface area contributed by atoms with Gasteiger partial charge in [-0.05, 0) is 38.6 Å². The molecule has 0 aromatic carbocycles. The Morgan fingerprint density at radius 3 is 2.50 bits per heavy atom. The zero-order chi connectivity index (χ0) is 13.0. The van der Waals surface area contributed by atoms with Crippen molar-refractivity contribution in [2.75, 3.05) is 13.1 Å². The molecule has 18 heavy (non-hydrogen) atoms. The molecule has 0 aliphatic heterocycles. The molecule has 2 rings (SSSR count). The van der Waals surface area contributed by atoms with E-state index in [9.17, 15) is 9.59 Å². The molecule has 0 saturated heterocycles. The van der Waals surface area contributed by atoms with Crippen molar-refractivity contribution in [1.29, 1.82) is 0 Å². The minimum absolute atomic E-state index is 0.238. The summed E-state index contributed by atoms with van der Waals surface area (Å²) in [5.41, 5.74) is 5.32. The van der Waals surface area contributed by atoms with E-state index < -0.39 is 0 Å². The molecule has 0 aromatic rings. The molecular weight excluding hydrogens is 228 g/mol. The van der Waals surface area contributed by atoms with E-state index in [2.05, 4.69) is 4.90 Å². The molecule has 1 atom stereocenters. The number of ketones is 1. The third kappa shape index (κ3) is 3.55. The van der Waals surface area contributed by atoms with Gasteiger partial charge in [-0.3, -0.25) is 14.5 Å². The first-order valence-corrected chi connectivity index (χ1v) is 7.22. The van der Waals surface area contributed by atoms with Crippen LogP contribution in [0.1, 0.15) is 51.4 Å². The van der Waals surface area contributed by atoms with Gasteiger partial charge in [0, 0.05) is 18.4 Å². The molecule has 2 aliphatic carbocycles. The highest BCUT2D eigenvalue weighted by Gasteiger charge is 2.28. The van der Waals surface area contributed by atoms with Crippen molar-refractivity contribution in [3.8, 4) is 0 Å². The lowest BCUT2D eigenvalue weighted by Gasteiger charge is -2.28. The third-order valence-electron chi connectivity index (χ3n) is 4.40. The largest absolute Gasteiger partial charge is 0.369 e. The number of primary amides is 1. The highest BCUT2D eigenvalue weighted by Crippen LogP contribution is 2.27. The summed E-state index contributed by atoms with van der Waals surface area (Å²) >= 11 is 0. The van der Waals surface area contributed by atoms with Gasteiger partial charge in [0.1, 0.15) is 5.78 Å². The number of Topliss-reactive ketones (excluding diaryl/α,β-unsaturated/α-hetero) is 1. The topological polar surface area (TPSA) is 63.4 Å². The van der Waals surface area contributed by atoms with Crippen molar-refractivity contribution in [3.63, 3.8) is 0 Å². The van der Waals surface area contributed by atoms with Gasteiger partial charge in [-0.25, -0.2) is 0 Å². The predicted octanol–water partition coefficient (Wildman–Crippen LogP) is 1.48. The van der Waals surface area contributed by atoms with E-state index in [-0.39, 0.29) is 11.8 Å². The van der Waals surface area contributed by atoms with Crippen LogP contribution in [0.15, 0.2) is 0 Å². The fourth-order valence-electron chi connectivity index (χ4n) is 3.38. The molecule has 4 heteroatoms. The van der Waals surface area contributed by atoms with Crippen LogP contribution in [0.25, 0.3) is 0 Å². The highest BCUT2D eigenvalue weighted by atomic mass is 16.1. The second kappa shape index (κ2) is 6.32. The quantitative estimate of drug-likeness (QED) is 0.778. The van der Waals surface area contributed by atoms with Crippen molar-refractivity contribution in [1.82, 2.24) is 4.90 Å². The van der Waals surface area contributed by atoms with Gasteiger partial charge in [0.05, 0.1) is 6.54 Å². The SMILES string of the molecule is NC(=O)CN(CCC1CCCC1=O)C1CCCC1. The molecule has 2 N–H and O–H groups in total. The van der Waals surface area contributed by atoms with Crippen LogP contribution in [0.2, 0.25) is 0 Å². The number of amides is 1. The monoisotopic (exact) mass is 252 g/mol. The molecule has 0 bridgehead atoms. The number of hydrogen-bond acceptors (Lipinski definition) is 3. The van der Waals surface area contributed by atoms with Crippen molar-refractivity contribution in [3.05, 3.63) is 0 Å². The first-order valence-electron chi connectivity index (χ1n) is 7.22. The van der Waals surface area contributed by atoms with E-state index in [0.29, 0.717) is 18.4 Å². The fraction of sp³-hybridized carbons (Fsp3) is 0.857. The van der Waals surface area contributed by atoms with E-state index >= 15 is 0 Å². The Hall–Kier alpha value is -0.900. The van der Waals surface area contributed by atoms with Crippen molar-refractivity contribution in [2.24, 2.45) is 11.7 Å². The number of rotatable bonds is 6. The van der Waals surface area contributed by atoms with Gasteiger partial charge in [-0.15, -0.1) is 0 Å². The number of nitrogens with two attached hydrogens (primary N) is 1. The van der Waals surface area contributed by atoms with Crippen LogP contribution in [0.3, 0.4) is 0 Å². The Kier molecular flexibility index (Phi) is 4.75. The normalized spacial score (nSPS) is 25.2. The first kappa shape index (κ1) is 13.5. The second-order valence-corrected chi connectivity index (χ2v) is 5.72. The summed E-state index contributed by atoms with van der Waals surface area (Å²) in [6, 6.07) is 0.508. The minimum atomic E-state index is -0.250. The van der Waals surface area contributed by atoms with Crippen LogP contribution in [0.5, 0.6) is 0 Å². The Labute approximate surface area is 109 Å². The molecule has 102 valence electrons. The lowest BCUT2D eigenvalue weighted by atomic mass is 10.0. The number of carbonyl (C=O) groups excluding carboxylic acids is 2. The summed E-state index contributed by atoms with van der Waals surface area (Å²) in [5, 5.41) is 0. The number of hydrogen-bond donors (Lipinski definition) is 1. The maximum atomic E-state index is 11.6. The molecule has 0 heterocycles. The van der Waals surface area contributed by atoms with Crippen LogP contribution in [-0.2, 0) is 9.59 Å². The summed E-state index contributed by atoms with van der Waals surface area (Å²) in [4.78, 5) is 25.0. The third-order valence-corrected chi connectivity index (χ3v) is 4.40. The van der Waals surface area contributed by atoms with Crippen LogP contribution >= 0.6 is 0 Å². The van der Waals surface area contributed by atoms with Crippen LogP contribution in [0, 0.1) is 5.92 Å². The Morgan fingerprint density at radius 2 is 1.94 bits per heavy atom. The molecule has 0 spiro atoms. The smallest absolute Gasteiger partial charge is 0.231 e. The van der Waals surface area contributed by atoms with Crippen LogP contribution in [-0.4, -0.2) is 35.7 Å². The average Bonchev–Trinajstić information content (AvgIpc) is 2.95. The first-order chi connectivity index (χ1) is 8.66. The molecule has 2 aliphatic rings. The molecule has 4 nitrogen and oxygen atoms in total. The van der Waals surface area contributed by atoms with Gasteiger partial charge < -0.3 is 5.73 Å². The number of nitrogens with zero attached hydrogens (tertiary/aromatic N) is 1. The molecule has 2 fully saturated rings. The zero-order valence-corrected chi connectivity index (χ0v) is 11.1. The van der Waals surface area contributed by atoms with Crippen molar-refractivity contribution >= 4 is 11.7 Å². The molecular formula is C14H24N2O2. The summed E-state index contributed by atoms with van der Waals surface area (Å²) in [7, 11) is 0. The summed E-state index contributed by atoms with van der Waals surface area (Å²) in [6.07, 6.45) is 8.59. The van der Waals surface area contributed by atoms with E-state index in [4.69, 9.17) is 5.73 Å². The molecule has 1 unspecified atom stereocenters. The molecule has 1 amide bonds. The van der Waals surface area contributed by atoms with Crippen molar-refractivity contribution in [2.45, 2.75) is 57.4 Å². The van der Waals surface area contributed by atoms with Gasteiger partial charge in [0.25, 0.3) is 0 Å². The lowest BCUT2D eigenvalue weighted by Crippen LogP contribution is -2.41. The van der Waals surface area contributed by atoms with Gasteiger partial charge >= 0.3 is 0 Å². The maximum absolute atomic E-state index is 11.6. The zero-order valence-electron chi connectivity index (χ0n) is 11.1. The van der Waals surface area contributed by atoms with E-state index in [1.54, 1.807) is 0 Å². The van der Waals surface area contributed by atoms with E-state index in [1.165, 1.54) is 25.7 Å². The van der Waals surface area contributed by atoms with Crippen molar-refractivity contribution < 1.29 is 9.59 Å². The second-order valence-electron chi connectivity index (χ2n) is 5.72. The Balaban J connectivity index is 1.84. The lowest BCUT2D eigenvalue weighted by molar-refractivity contribution is -0.121. The summed E-state index contributed by atoms with van der Waals surface area (Å²) in [6.45, 7) is 1.20. The van der Waals surface area contributed by atoms with Crippen LogP contribution in [0.4, 0.5) is 0 Å². The van der Waals surface area contributed by atoms with E-state index in [0.717, 1.165) is 32.2 Å². The van der Waals surface area contributed by atoms with Gasteiger partial charge in [0.2, 0.25) is 5.91 Å². The van der Waals surface area contributed by atoms with Gasteiger partial charge in [-0.2, -0.15) is 0 Å². The van der Waals surface area contributed by atoms with Gasteiger partial charge in [0.15, 0.2) is 0 Å². The van der Waals surface area contributed by atoms with Crippen LogP contribution < -0.4 is 5.73 Å². The highest BCUT2D eigenvalue weighted by molar-refractivity contribution is 5.82. The molecule has 2 saturated carbocycles. The molecule has 0 aromatic heterocycles. The minimum Gasteiger partial charge on any atom is -0.369 e. The maximum Gasteiger partial charge on any atom is 0.231 e. The number of carbonyl (C=O) groups is 2. The Bertz CT molecular complexity index is 311. The summed E-state index contributed by atoms with van der Waals surface area (Å²) in [5.74, 6) is 0.405.